The zero-order valence-corrected chi connectivity index (χ0v) is 13.8. The minimum absolute atomic E-state index is 0.0576. The van der Waals surface area contributed by atoms with E-state index in [1.165, 1.54) is 11.3 Å². The van der Waals surface area contributed by atoms with Gasteiger partial charge in [-0.15, -0.1) is 10.2 Å². The monoisotopic (exact) mass is 344 g/mol. The first-order chi connectivity index (χ1) is 11.6. The first-order valence-electron chi connectivity index (χ1n) is 7.41. The molecular formula is C15H16N6O2S. The predicted octanol–water partition coefficient (Wildman–Crippen LogP) is 0.583. The molecule has 0 fully saturated rings. The standard InChI is InChI=1S/C15H16N6O2S/c1-10-18-19-15-21(10)20-13(24-15)7-8-16-12(22)9-17-14(23)11-5-3-2-4-6-11/h2-6H,7-9H2,1H3,(H,16,22)(H,17,23). The molecule has 3 rings (SSSR count). The Bertz CT molecular complexity index is 857. The smallest absolute Gasteiger partial charge is 0.251 e. The van der Waals surface area contributed by atoms with E-state index >= 15 is 0 Å². The fourth-order valence-electron chi connectivity index (χ4n) is 2.08. The van der Waals surface area contributed by atoms with Gasteiger partial charge in [-0.2, -0.15) is 9.61 Å². The summed E-state index contributed by atoms with van der Waals surface area (Å²) in [6.07, 6.45) is 0.603. The van der Waals surface area contributed by atoms with E-state index in [2.05, 4.69) is 25.9 Å². The molecule has 2 N–H and O–H groups in total. The second-order valence-corrected chi connectivity index (χ2v) is 6.13. The number of hydrogen-bond acceptors (Lipinski definition) is 6. The highest BCUT2D eigenvalue weighted by Crippen LogP contribution is 2.13. The van der Waals surface area contributed by atoms with E-state index in [0.717, 1.165) is 15.8 Å². The Balaban J connectivity index is 1.41. The maximum atomic E-state index is 11.8. The third kappa shape index (κ3) is 3.74. The molecule has 0 radical (unpaired) electrons. The minimum Gasteiger partial charge on any atom is -0.354 e. The summed E-state index contributed by atoms with van der Waals surface area (Å²) in [6.45, 7) is 2.22. The van der Waals surface area contributed by atoms with Gasteiger partial charge in [-0.25, -0.2) is 0 Å². The topological polar surface area (TPSA) is 101 Å². The van der Waals surface area contributed by atoms with Crippen molar-refractivity contribution < 1.29 is 9.59 Å². The molecule has 0 aliphatic heterocycles. The van der Waals surface area contributed by atoms with Gasteiger partial charge in [0.05, 0.1) is 6.54 Å². The molecule has 0 spiro atoms. The van der Waals surface area contributed by atoms with E-state index in [0.29, 0.717) is 18.5 Å². The Kier molecular flexibility index (Phi) is 4.80. The molecular weight excluding hydrogens is 328 g/mol. The van der Waals surface area contributed by atoms with E-state index in [9.17, 15) is 9.59 Å². The van der Waals surface area contributed by atoms with Crippen molar-refractivity contribution in [3.63, 3.8) is 0 Å². The van der Waals surface area contributed by atoms with Crippen LogP contribution in [-0.2, 0) is 11.2 Å². The third-order valence-electron chi connectivity index (χ3n) is 3.30. The molecule has 2 aromatic heterocycles. The summed E-state index contributed by atoms with van der Waals surface area (Å²) in [7, 11) is 0. The van der Waals surface area contributed by atoms with Crippen LogP contribution in [0.2, 0.25) is 0 Å². The lowest BCUT2D eigenvalue weighted by atomic mass is 10.2. The lowest BCUT2D eigenvalue weighted by Crippen LogP contribution is -2.37. The second kappa shape index (κ2) is 7.18. The summed E-state index contributed by atoms with van der Waals surface area (Å²) in [4.78, 5) is 24.3. The van der Waals surface area contributed by atoms with Crippen LogP contribution >= 0.6 is 11.3 Å². The largest absolute Gasteiger partial charge is 0.354 e. The van der Waals surface area contributed by atoms with Gasteiger partial charge >= 0.3 is 0 Å². The highest BCUT2D eigenvalue weighted by molar-refractivity contribution is 7.16. The summed E-state index contributed by atoms with van der Waals surface area (Å²) in [5, 5.41) is 18.5. The highest BCUT2D eigenvalue weighted by atomic mass is 32.1. The van der Waals surface area contributed by atoms with Crippen molar-refractivity contribution in [1.82, 2.24) is 30.4 Å². The van der Waals surface area contributed by atoms with Crippen molar-refractivity contribution in [2.24, 2.45) is 0 Å². The SMILES string of the molecule is Cc1nnc2sc(CCNC(=O)CNC(=O)c3ccccc3)nn12. The number of carbonyl (C=O) groups excluding carboxylic acids is 2. The van der Waals surface area contributed by atoms with Crippen LogP contribution in [0.25, 0.3) is 4.96 Å². The normalized spacial score (nSPS) is 10.7. The first-order valence-corrected chi connectivity index (χ1v) is 8.23. The van der Waals surface area contributed by atoms with Crippen LogP contribution in [-0.4, -0.2) is 44.7 Å². The molecule has 124 valence electrons. The molecule has 9 heteroatoms. The Labute approximate surface area is 141 Å². The number of nitrogens with one attached hydrogen (secondary N) is 2. The molecule has 0 atom stereocenters. The Hall–Kier alpha value is -2.81. The van der Waals surface area contributed by atoms with Crippen LogP contribution in [0.4, 0.5) is 0 Å². The van der Waals surface area contributed by atoms with Crippen molar-refractivity contribution in [3.05, 3.63) is 46.7 Å². The molecule has 2 amide bonds. The van der Waals surface area contributed by atoms with Gasteiger partial charge < -0.3 is 10.6 Å². The van der Waals surface area contributed by atoms with Crippen LogP contribution in [0.5, 0.6) is 0 Å². The van der Waals surface area contributed by atoms with Gasteiger partial charge in [-0.3, -0.25) is 9.59 Å². The zero-order valence-electron chi connectivity index (χ0n) is 13.0. The fraction of sp³-hybridized carbons (Fsp3) is 0.267. The molecule has 0 saturated heterocycles. The Morgan fingerprint density at radius 2 is 1.96 bits per heavy atom. The summed E-state index contributed by atoms with van der Waals surface area (Å²) >= 11 is 1.44. The van der Waals surface area contributed by atoms with Crippen LogP contribution in [0.3, 0.4) is 0 Å². The Morgan fingerprint density at radius 1 is 1.17 bits per heavy atom. The van der Waals surface area contributed by atoms with E-state index in [1.807, 2.05) is 13.0 Å². The number of carbonyl (C=O) groups is 2. The van der Waals surface area contributed by atoms with E-state index < -0.39 is 0 Å². The fourth-order valence-corrected chi connectivity index (χ4v) is 2.96. The number of rotatable bonds is 6. The minimum atomic E-state index is -0.269. The number of fused-ring (bicyclic) bond motifs is 1. The molecule has 0 aliphatic carbocycles. The summed E-state index contributed by atoms with van der Waals surface area (Å²) in [5.41, 5.74) is 0.528. The quantitative estimate of drug-likeness (QED) is 0.681. The van der Waals surface area contributed by atoms with Gasteiger partial charge in [-0.1, -0.05) is 29.5 Å². The molecule has 3 aromatic rings. The van der Waals surface area contributed by atoms with Crippen molar-refractivity contribution >= 4 is 28.1 Å². The molecule has 1 aromatic carbocycles. The molecule has 0 saturated carbocycles. The third-order valence-corrected chi connectivity index (χ3v) is 4.25. The maximum Gasteiger partial charge on any atom is 0.251 e. The molecule has 0 bridgehead atoms. The van der Waals surface area contributed by atoms with Gasteiger partial charge in [-0.05, 0) is 19.1 Å². The number of aryl methyl sites for hydroxylation is 1. The van der Waals surface area contributed by atoms with Crippen LogP contribution in [0.1, 0.15) is 21.2 Å². The molecule has 0 aliphatic rings. The van der Waals surface area contributed by atoms with E-state index in [-0.39, 0.29) is 18.4 Å². The van der Waals surface area contributed by atoms with Crippen molar-refractivity contribution in [2.45, 2.75) is 13.3 Å². The summed E-state index contributed by atoms with van der Waals surface area (Å²) in [6, 6.07) is 8.77. The Morgan fingerprint density at radius 3 is 2.71 bits per heavy atom. The predicted molar refractivity (Wildman–Crippen MR) is 88.9 cm³/mol. The van der Waals surface area contributed by atoms with Gasteiger partial charge in [0.15, 0.2) is 5.82 Å². The molecule has 24 heavy (non-hydrogen) atoms. The lowest BCUT2D eigenvalue weighted by molar-refractivity contribution is -0.120. The molecule has 2 heterocycles. The average Bonchev–Trinajstić information content (AvgIpc) is 3.15. The highest BCUT2D eigenvalue weighted by Gasteiger charge is 2.10. The number of amides is 2. The average molecular weight is 344 g/mol. The summed E-state index contributed by atoms with van der Waals surface area (Å²) < 4.78 is 1.68. The number of aromatic nitrogens is 4. The van der Waals surface area contributed by atoms with Crippen LogP contribution < -0.4 is 10.6 Å². The first kappa shape index (κ1) is 16.1. The second-order valence-electron chi connectivity index (χ2n) is 5.09. The van der Waals surface area contributed by atoms with Crippen molar-refractivity contribution in [3.8, 4) is 0 Å². The van der Waals surface area contributed by atoms with E-state index in [4.69, 9.17) is 0 Å². The van der Waals surface area contributed by atoms with E-state index in [1.54, 1.807) is 28.8 Å². The van der Waals surface area contributed by atoms with Gasteiger partial charge in [0.2, 0.25) is 10.9 Å². The number of benzene rings is 1. The molecule has 8 nitrogen and oxygen atoms in total. The number of nitrogens with zero attached hydrogens (tertiary/aromatic N) is 4. The number of hydrogen-bond donors (Lipinski definition) is 2. The molecule has 0 unspecified atom stereocenters. The zero-order chi connectivity index (χ0) is 16.9. The lowest BCUT2D eigenvalue weighted by Gasteiger charge is -2.06. The van der Waals surface area contributed by atoms with Gasteiger partial charge in [0.1, 0.15) is 5.01 Å². The summed E-state index contributed by atoms with van der Waals surface area (Å²) in [5.74, 6) is 0.230. The van der Waals surface area contributed by atoms with Crippen molar-refractivity contribution in [1.29, 1.82) is 0 Å². The van der Waals surface area contributed by atoms with Crippen LogP contribution in [0, 0.1) is 6.92 Å². The van der Waals surface area contributed by atoms with Gasteiger partial charge in [0, 0.05) is 18.5 Å². The van der Waals surface area contributed by atoms with Gasteiger partial charge in [0.25, 0.3) is 5.91 Å². The maximum absolute atomic E-state index is 11.8. The van der Waals surface area contributed by atoms with Crippen molar-refractivity contribution in [2.75, 3.05) is 13.1 Å². The van der Waals surface area contributed by atoms with Crippen LogP contribution in [0.15, 0.2) is 30.3 Å².